The first-order valence-corrected chi connectivity index (χ1v) is 4.91. The minimum atomic E-state index is -4.79. The Bertz CT molecular complexity index is 247. The van der Waals surface area contributed by atoms with Crippen LogP contribution in [0, 0.1) is 0 Å². The number of hydrogen-bond acceptors (Lipinski definition) is 1. The van der Waals surface area contributed by atoms with Crippen molar-refractivity contribution < 1.29 is 17.4 Å². The van der Waals surface area contributed by atoms with Crippen LogP contribution in [0.15, 0.2) is 0 Å². The summed E-state index contributed by atoms with van der Waals surface area (Å²) in [6, 6.07) is 0. The van der Waals surface area contributed by atoms with Crippen molar-refractivity contribution >= 4 is 15.6 Å². The van der Waals surface area contributed by atoms with Crippen LogP contribution in [0.4, 0.5) is 13.2 Å². The molecule has 0 radical (unpaired) electrons. The Morgan fingerprint density at radius 3 is 1.67 bits per heavy atom. The standard InChI is InChI=1S/C6H12F3NOS/c1-5(2,3)10-12(4,11)6(7,8)9/h4H2,1-3H3,(H,10,11). The van der Waals surface area contributed by atoms with E-state index in [1.807, 2.05) is 4.72 Å². The van der Waals surface area contributed by atoms with Crippen molar-refractivity contribution in [2.24, 2.45) is 0 Å². The van der Waals surface area contributed by atoms with Crippen molar-refractivity contribution in [3.8, 4) is 0 Å². The Labute approximate surface area is 70.3 Å². The summed E-state index contributed by atoms with van der Waals surface area (Å²) in [5.74, 6) is 2.62. The molecule has 2 nitrogen and oxygen atoms in total. The molecule has 6 heteroatoms. The molecule has 0 rings (SSSR count). The van der Waals surface area contributed by atoms with Crippen molar-refractivity contribution in [2.45, 2.75) is 31.8 Å². The SMILES string of the molecule is C=S(=O)(NC(C)(C)C)C(F)(F)F. The fourth-order valence-electron chi connectivity index (χ4n) is 0.552. The number of nitrogens with one attached hydrogen (secondary N) is 1. The summed E-state index contributed by atoms with van der Waals surface area (Å²) in [7, 11) is -4.21. The molecule has 0 aromatic rings. The summed E-state index contributed by atoms with van der Waals surface area (Å²) in [4.78, 5) is 0. The van der Waals surface area contributed by atoms with Gasteiger partial charge in [-0.05, 0) is 26.6 Å². The third-order valence-corrected chi connectivity index (χ3v) is 2.53. The van der Waals surface area contributed by atoms with Gasteiger partial charge in [-0.15, -0.1) is 0 Å². The first kappa shape index (κ1) is 11.8. The molecule has 0 spiro atoms. The molecule has 0 saturated heterocycles. The topological polar surface area (TPSA) is 29.1 Å². The second-order valence-electron chi connectivity index (χ2n) is 3.47. The first-order chi connectivity index (χ1) is 4.96. The Balaban J connectivity index is 4.70. The average Bonchev–Trinajstić information content (AvgIpc) is 1.52. The second-order valence-corrected chi connectivity index (χ2v) is 5.49. The summed E-state index contributed by atoms with van der Waals surface area (Å²) >= 11 is 0. The highest BCUT2D eigenvalue weighted by Gasteiger charge is 2.41. The molecule has 0 bridgehead atoms. The van der Waals surface area contributed by atoms with Gasteiger partial charge in [-0.25, -0.2) is 8.93 Å². The van der Waals surface area contributed by atoms with Gasteiger partial charge in [0.05, 0.1) is 0 Å². The van der Waals surface area contributed by atoms with Crippen molar-refractivity contribution in [3.63, 3.8) is 0 Å². The van der Waals surface area contributed by atoms with Crippen molar-refractivity contribution in [1.29, 1.82) is 0 Å². The quantitative estimate of drug-likeness (QED) is 0.643. The van der Waals surface area contributed by atoms with Gasteiger partial charge in [0.1, 0.15) is 9.71 Å². The fraction of sp³-hybridized carbons (Fsp3) is 0.833. The first-order valence-electron chi connectivity index (χ1n) is 3.18. The van der Waals surface area contributed by atoms with Gasteiger partial charge in [0, 0.05) is 5.54 Å². The van der Waals surface area contributed by atoms with E-state index >= 15 is 0 Å². The monoisotopic (exact) mass is 203 g/mol. The lowest BCUT2D eigenvalue weighted by molar-refractivity contribution is -0.0408. The van der Waals surface area contributed by atoms with Gasteiger partial charge in [-0.1, -0.05) is 0 Å². The molecule has 0 aromatic carbocycles. The number of alkyl halides is 3. The van der Waals surface area contributed by atoms with E-state index in [2.05, 4.69) is 5.87 Å². The third kappa shape index (κ3) is 3.44. The van der Waals surface area contributed by atoms with Crippen LogP contribution >= 0.6 is 0 Å². The average molecular weight is 203 g/mol. The van der Waals surface area contributed by atoms with Crippen LogP contribution < -0.4 is 4.72 Å². The van der Waals surface area contributed by atoms with Crippen LogP contribution in [0.25, 0.3) is 0 Å². The van der Waals surface area contributed by atoms with Gasteiger partial charge in [0.25, 0.3) is 0 Å². The molecule has 74 valence electrons. The van der Waals surface area contributed by atoms with Gasteiger partial charge in [0.2, 0.25) is 0 Å². The van der Waals surface area contributed by atoms with E-state index in [4.69, 9.17) is 0 Å². The van der Waals surface area contributed by atoms with Crippen molar-refractivity contribution in [2.75, 3.05) is 0 Å². The zero-order valence-electron chi connectivity index (χ0n) is 7.16. The summed E-state index contributed by atoms with van der Waals surface area (Å²) in [5.41, 5.74) is -5.66. The Morgan fingerprint density at radius 2 is 1.58 bits per heavy atom. The van der Waals surface area contributed by atoms with E-state index in [-0.39, 0.29) is 0 Å². The van der Waals surface area contributed by atoms with Crippen LogP contribution in [0.2, 0.25) is 0 Å². The van der Waals surface area contributed by atoms with Gasteiger partial charge in [-0.2, -0.15) is 13.2 Å². The van der Waals surface area contributed by atoms with E-state index in [1.165, 1.54) is 20.8 Å². The Hall–Kier alpha value is -0.230. The minimum Gasteiger partial charge on any atom is -0.244 e. The largest absolute Gasteiger partial charge is 0.476 e. The molecular formula is C6H12F3NOS. The van der Waals surface area contributed by atoms with Gasteiger partial charge < -0.3 is 0 Å². The summed E-state index contributed by atoms with van der Waals surface area (Å²) < 4.78 is 48.7. The molecule has 0 aliphatic carbocycles. The van der Waals surface area contributed by atoms with Crippen molar-refractivity contribution in [1.82, 2.24) is 4.72 Å². The smallest absolute Gasteiger partial charge is 0.244 e. The lowest BCUT2D eigenvalue weighted by Gasteiger charge is -2.24. The van der Waals surface area contributed by atoms with E-state index in [0.717, 1.165) is 0 Å². The van der Waals surface area contributed by atoms with Crippen LogP contribution in [-0.4, -0.2) is 21.1 Å². The maximum absolute atomic E-state index is 12.0. The van der Waals surface area contributed by atoms with Crippen LogP contribution in [0.5, 0.6) is 0 Å². The molecule has 0 amide bonds. The fourth-order valence-corrected chi connectivity index (χ4v) is 1.66. The van der Waals surface area contributed by atoms with Gasteiger partial charge in [0.15, 0.2) is 0 Å². The molecule has 1 N–H and O–H groups in total. The maximum Gasteiger partial charge on any atom is 0.476 e. The summed E-state index contributed by atoms with van der Waals surface area (Å²) in [6.07, 6.45) is 0. The highest BCUT2D eigenvalue weighted by molar-refractivity contribution is 7.99. The molecule has 1 atom stereocenters. The molecule has 0 aliphatic heterocycles. The van der Waals surface area contributed by atoms with Crippen molar-refractivity contribution in [3.05, 3.63) is 0 Å². The van der Waals surface area contributed by atoms with E-state index in [1.54, 1.807) is 0 Å². The number of hydrogen-bond donors (Lipinski definition) is 1. The zero-order chi connectivity index (χ0) is 10.2. The number of halogens is 3. The predicted molar refractivity (Wildman–Crippen MR) is 44.2 cm³/mol. The summed E-state index contributed by atoms with van der Waals surface area (Å²) in [5, 5.41) is 0. The van der Waals surface area contributed by atoms with Gasteiger partial charge >= 0.3 is 5.51 Å². The lowest BCUT2D eigenvalue weighted by atomic mass is 10.1. The molecular weight excluding hydrogens is 191 g/mol. The molecule has 0 saturated carbocycles. The second kappa shape index (κ2) is 2.92. The van der Waals surface area contributed by atoms with Gasteiger partial charge in [-0.3, -0.25) is 0 Å². The highest BCUT2D eigenvalue weighted by Crippen LogP contribution is 2.23. The molecule has 0 aromatic heterocycles. The van der Waals surface area contributed by atoms with Crippen LogP contribution in [0.1, 0.15) is 20.8 Å². The normalized spacial score (nSPS) is 18.8. The Kier molecular flexibility index (Phi) is 2.86. The molecule has 0 aliphatic rings. The third-order valence-electron chi connectivity index (χ3n) is 0.845. The minimum absolute atomic E-state index is 0.867. The number of rotatable bonds is 1. The van der Waals surface area contributed by atoms with E-state index in [9.17, 15) is 17.4 Å². The molecule has 1 unspecified atom stereocenters. The van der Waals surface area contributed by atoms with E-state index in [0.29, 0.717) is 0 Å². The predicted octanol–water partition coefficient (Wildman–Crippen LogP) is 1.53. The van der Waals surface area contributed by atoms with Crippen LogP contribution in [-0.2, 0) is 9.71 Å². The highest BCUT2D eigenvalue weighted by atomic mass is 32.2. The lowest BCUT2D eigenvalue weighted by Crippen LogP contribution is -2.46. The van der Waals surface area contributed by atoms with E-state index < -0.39 is 20.8 Å². The maximum atomic E-state index is 12.0. The summed E-state index contributed by atoms with van der Waals surface area (Å²) in [6.45, 7) is 4.47. The molecule has 0 fully saturated rings. The molecule has 0 heterocycles. The zero-order valence-corrected chi connectivity index (χ0v) is 7.97. The molecule has 12 heavy (non-hydrogen) atoms. The Morgan fingerprint density at radius 1 is 1.25 bits per heavy atom. The van der Waals surface area contributed by atoms with Crippen LogP contribution in [0.3, 0.4) is 0 Å².